The minimum absolute atomic E-state index is 0.169. The van der Waals surface area contributed by atoms with Crippen molar-refractivity contribution in [3.63, 3.8) is 0 Å². The van der Waals surface area contributed by atoms with Gasteiger partial charge >= 0.3 is 0 Å². The Balaban J connectivity index is 2.06. The van der Waals surface area contributed by atoms with Gasteiger partial charge in [0.05, 0.1) is 0 Å². The molecule has 0 fully saturated rings. The molecule has 0 aliphatic heterocycles. The van der Waals surface area contributed by atoms with E-state index < -0.39 is 0 Å². The molecule has 2 aromatic rings. The van der Waals surface area contributed by atoms with E-state index in [2.05, 4.69) is 45.0 Å². The van der Waals surface area contributed by atoms with E-state index in [4.69, 9.17) is 10.5 Å². The topological polar surface area (TPSA) is 35.2 Å². The molecule has 0 saturated heterocycles. The van der Waals surface area contributed by atoms with Gasteiger partial charge in [0.2, 0.25) is 0 Å². The van der Waals surface area contributed by atoms with Gasteiger partial charge in [-0.25, -0.2) is 0 Å². The van der Waals surface area contributed by atoms with Crippen LogP contribution in [0.15, 0.2) is 48.5 Å². The fraction of sp³-hybridized carbons (Fsp3) is 0.333. The smallest absolute Gasteiger partial charge is 0.127 e. The van der Waals surface area contributed by atoms with E-state index in [1.165, 1.54) is 11.1 Å². The standard InChI is InChI=1S/C18H23NO/c1-18(2,3)15-6-10-17(11-7-15)20-16-8-4-14(5-9-16)12-13-19/h4-11H,12-13,19H2,1-3H3. The fourth-order valence-corrected chi connectivity index (χ4v) is 2.05. The normalized spacial score (nSPS) is 11.4. The molecular formula is C18H23NO. The highest BCUT2D eigenvalue weighted by molar-refractivity contribution is 5.36. The van der Waals surface area contributed by atoms with Crippen molar-refractivity contribution in [2.24, 2.45) is 5.73 Å². The van der Waals surface area contributed by atoms with E-state index in [1.54, 1.807) is 0 Å². The average molecular weight is 269 g/mol. The van der Waals surface area contributed by atoms with Gasteiger partial charge in [-0.05, 0) is 53.8 Å². The van der Waals surface area contributed by atoms with Crippen molar-refractivity contribution >= 4 is 0 Å². The maximum absolute atomic E-state index is 5.85. The molecule has 0 bridgehead atoms. The van der Waals surface area contributed by atoms with E-state index in [1.807, 2.05) is 24.3 Å². The third-order valence-corrected chi connectivity index (χ3v) is 3.31. The summed E-state index contributed by atoms with van der Waals surface area (Å²) in [6.45, 7) is 7.30. The summed E-state index contributed by atoms with van der Waals surface area (Å²) in [5.74, 6) is 1.72. The zero-order valence-electron chi connectivity index (χ0n) is 12.5. The molecule has 0 atom stereocenters. The summed E-state index contributed by atoms with van der Waals surface area (Å²) < 4.78 is 5.85. The molecule has 0 radical (unpaired) electrons. The third kappa shape index (κ3) is 3.84. The van der Waals surface area contributed by atoms with Gasteiger partial charge in [0.25, 0.3) is 0 Å². The van der Waals surface area contributed by atoms with Gasteiger partial charge in [-0.1, -0.05) is 45.0 Å². The molecule has 2 aromatic carbocycles. The van der Waals surface area contributed by atoms with Crippen LogP contribution in [0.5, 0.6) is 11.5 Å². The largest absolute Gasteiger partial charge is 0.457 e. The summed E-state index contributed by atoms with van der Waals surface area (Å²) in [7, 11) is 0. The molecule has 106 valence electrons. The number of ether oxygens (including phenoxy) is 1. The first-order valence-electron chi connectivity index (χ1n) is 7.06. The molecule has 2 rings (SSSR count). The van der Waals surface area contributed by atoms with E-state index in [0.717, 1.165) is 17.9 Å². The van der Waals surface area contributed by atoms with Crippen LogP contribution in [0.3, 0.4) is 0 Å². The predicted molar refractivity (Wildman–Crippen MR) is 84.4 cm³/mol. The van der Waals surface area contributed by atoms with Crippen molar-refractivity contribution in [2.45, 2.75) is 32.6 Å². The van der Waals surface area contributed by atoms with Crippen molar-refractivity contribution in [3.05, 3.63) is 59.7 Å². The van der Waals surface area contributed by atoms with Gasteiger partial charge in [0.15, 0.2) is 0 Å². The van der Waals surface area contributed by atoms with Crippen LogP contribution in [0.2, 0.25) is 0 Å². The maximum atomic E-state index is 5.85. The maximum Gasteiger partial charge on any atom is 0.127 e. The third-order valence-electron chi connectivity index (χ3n) is 3.31. The summed E-state index contributed by atoms with van der Waals surface area (Å²) in [5.41, 5.74) is 8.26. The molecule has 0 spiro atoms. The second kappa shape index (κ2) is 6.10. The lowest BCUT2D eigenvalue weighted by Gasteiger charge is -2.19. The van der Waals surface area contributed by atoms with Crippen LogP contribution in [0.4, 0.5) is 0 Å². The Labute approximate surface area is 121 Å². The van der Waals surface area contributed by atoms with Crippen LogP contribution in [0, 0.1) is 0 Å². The van der Waals surface area contributed by atoms with Crippen LogP contribution in [0.25, 0.3) is 0 Å². The van der Waals surface area contributed by atoms with Crippen LogP contribution in [-0.2, 0) is 11.8 Å². The molecule has 0 unspecified atom stereocenters. The Morgan fingerprint density at radius 1 is 0.850 bits per heavy atom. The number of rotatable bonds is 4. The van der Waals surface area contributed by atoms with Crippen LogP contribution in [-0.4, -0.2) is 6.54 Å². The van der Waals surface area contributed by atoms with Crippen molar-refractivity contribution in [1.29, 1.82) is 0 Å². The molecule has 0 aromatic heterocycles. The minimum Gasteiger partial charge on any atom is -0.457 e. The van der Waals surface area contributed by atoms with E-state index in [9.17, 15) is 0 Å². The highest BCUT2D eigenvalue weighted by Crippen LogP contribution is 2.27. The van der Waals surface area contributed by atoms with Crippen molar-refractivity contribution in [2.75, 3.05) is 6.54 Å². The SMILES string of the molecule is CC(C)(C)c1ccc(Oc2ccc(CCN)cc2)cc1. The van der Waals surface area contributed by atoms with Gasteiger partial charge in [0, 0.05) is 0 Å². The molecule has 20 heavy (non-hydrogen) atoms. The average Bonchev–Trinajstić information content (AvgIpc) is 2.41. The van der Waals surface area contributed by atoms with Gasteiger partial charge in [0.1, 0.15) is 11.5 Å². The summed E-state index contributed by atoms with van der Waals surface area (Å²) in [5, 5.41) is 0. The van der Waals surface area contributed by atoms with Gasteiger partial charge in [-0.2, -0.15) is 0 Å². The van der Waals surface area contributed by atoms with Crippen molar-refractivity contribution in [1.82, 2.24) is 0 Å². The summed E-state index contributed by atoms with van der Waals surface area (Å²) in [6, 6.07) is 16.4. The number of benzene rings is 2. The monoisotopic (exact) mass is 269 g/mol. The van der Waals surface area contributed by atoms with Crippen molar-refractivity contribution < 1.29 is 4.74 Å². The zero-order valence-corrected chi connectivity index (χ0v) is 12.5. The summed E-state index contributed by atoms with van der Waals surface area (Å²) in [6.07, 6.45) is 0.903. The number of nitrogens with two attached hydrogens (primary N) is 1. The van der Waals surface area contributed by atoms with E-state index in [-0.39, 0.29) is 5.41 Å². The second-order valence-corrected chi connectivity index (χ2v) is 6.06. The fourth-order valence-electron chi connectivity index (χ4n) is 2.05. The first-order chi connectivity index (χ1) is 9.49. The molecular weight excluding hydrogens is 246 g/mol. The molecule has 0 aliphatic rings. The molecule has 0 saturated carbocycles. The van der Waals surface area contributed by atoms with E-state index >= 15 is 0 Å². The first kappa shape index (κ1) is 14.6. The Bertz CT molecular complexity index is 535. The zero-order chi connectivity index (χ0) is 14.6. The lowest BCUT2D eigenvalue weighted by Crippen LogP contribution is -2.10. The number of hydrogen-bond acceptors (Lipinski definition) is 2. The summed E-state index contributed by atoms with van der Waals surface area (Å²) >= 11 is 0. The highest BCUT2D eigenvalue weighted by atomic mass is 16.5. The molecule has 0 aliphatic carbocycles. The highest BCUT2D eigenvalue weighted by Gasteiger charge is 2.13. The Hall–Kier alpha value is -1.80. The Morgan fingerprint density at radius 2 is 1.35 bits per heavy atom. The molecule has 0 amide bonds. The predicted octanol–water partition coefficient (Wildman–Crippen LogP) is 4.28. The number of hydrogen-bond donors (Lipinski definition) is 1. The molecule has 0 heterocycles. The molecule has 2 nitrogen and oxygen atoms in total. The Kier molecular flexibility index (Phi) is 4.46. The summed E-state index contributed by atoms with van der Waals surface area (Å²) in [4.78, 5) is 0. The quantitative estimate of drug-likeness (QED) is 0.899. The van der Waals surface area contributed by atoms with Gasteiger partial charge in [-0.15, -0.1) is 0 Å². The minimum atomic E-state index is 0.169. The van der Waals surface area contributed by atoms with Crippen molar-refractivity contribution in [3.8, 4) is 11.5 Å². The van der Waals surface area contributed by atoms with Gasteiger partial charge in [-0.3, -0.25) is 0 Å². The van der Waals surface area contributed by atoms with Crippen LogP contribution in [0.1, 0.15) is 31.9 Å². The lowest BCUT2D eigenvalue weighted by molar-refractivity contribution is 0.481. The van der Waals surface area contributed by atoms with Crippen LogP contribution < -0.4 is 10.5 Å². The first-order valence-corrected chi connectivity index (χ1v) is 7.06. The van der Waals surface area contributed by atoms with Gasteiger partial charge < -0.3 is 10.5 Å². The molecule has 2 heteroatoms. The Morgan fingerprint density at radius 3 is 1.80 bits per heavy atom. The van der Waals surface area contributed by atoms with E-state index in [0.29, 0.717) is 6.54 Å². The molecule has 2 N–H and O–H groups in total. The second-order valence-electron chi connectivity index (χ2n) is 6.06. The lowest BCUT2D eigenvalue weighted by atomic mass is 9.87. The van der Waals surface area contributed by atoms with Crippen LogP contribution >= 0.6 is 0 Å².